The molecule has 14 heavy (non-hydrogen) atoms. The zero-order valence-electron chi connectivity index (χ0n) is 7.32. The molecule has 2 N–H and O–H groups in total. The quantitative estimate of drug-likeness (QED) is 0.685. The maximum absolute atomic E-state index is 11.2. The minimum absolute atomic E-state index is 0.108. The van der Waals surface area contributed by atoms with Crippen molar-refractivity contribution in [1.29, 1.82) is 0 Å². The molecule has 1 amide bonds. The van der Waals surface area contributed by atoms with E-state index in [4.69, 9.17) is 9.52 Å². The third-order valence-corrected chi connectivity index (χ3v) is 1.49. The third kappa shape index (κ3) is 2.48. The SMILES string of the molecule is C=C(C(=O)NCC(=O)O)c1ccco1. The molecule has 0 aliphatic heterocycles. The number of carbonyl (C=O) groups excluding carboxylic acids is 1. The number of furan rings is 1. The normalized spacial score (nSPS) is 9.43. The van der Waals surface area contributed by atoms with E-state index in [2.05, 4.69) is 11.9 Å². The van der Waals surface area contributed by atoms with E-state index >= 15 is 0 Å². The predicted octanol–water partition coefficient (Wildman–Crippen LogP) is 0.494. The van der Waals surface area contributed by atoms with Gasteiger partial charge < -0.3 is 14.8 Å². The molecule has 0 unspecified atom stereocenters. The Morgan fingerprint density at radius 1 is 1.57 bits per heavy atom. The molecule has 0 saturated heterocycles. The summed E-state index contributed by atoms with van der Waals surface area (Å²) in [6.07, 6.45) is 1.41. The first-order chi connectivity index (χ1) is 6.61. The summed E-state index contributed by atoms with van der Waals surface area (Å²) in [6.45, 7) is 3.04. The van der Waals surface area contributed by atoms with Gasteiger partial charge in [-0.15, -0.1) is 0 Å². The van der Waals surface area contributed by atoms with E-state index < -0.39 is 18.4 Å². The van der Waals surface area contributed by atoms with E-state index in [1.54, 1.807) is 12.1 Å². The van der Waals surface area contributed by atoms with Crippen LogP contribution in [0.15, 0.2) is 29.4 Å². The summed E-state index contributed by atoms with van der Waals surface area (Å²) in [4.78, 5) is 21.4. The van der Waals surface area contributed by atoms with Gasteiger partial charge in [0, 0.05) is 0 Å². The number of rotatable bonds is 4. The van der Waals surface area contributed by atoms with Crippen LogP contribution in [0.4, 0.5) is 0 Å². The van der Waals surface area contributed by atoms with Gasteiger partial charge in [0.1, 0.15) is 12.3 Å². The molecule has 1 rings (SSSR count). The number of amides is 1. The van der Waals surface area contributed by atoms with Crippen LogP contribution in [-0.2, 0) is 9.59 Å². The fraction of sp³-hybridized carbons (Fsp3) is 0.111. The second-order valence-corrected chi connectivity index (χ2v) is 2.53. The lowest BCUT2D eigenvalue weighted by Crippen LogP contribution is -2.29. The van der Waals surface area contributed by atoms with Gasteiger partial charge >= 0.3 is 5.97 Å². The van der Waals surface area contributed by atoms with Crippen LogP contribution >= 0.6 is 0 Å². The summed E-state index contributed by atoms with van der Waals surface area (Å²) >= 11 is 0. The number of hydrogen-bond donors (Lipinski definition) is 2. The molecule has 0 fully saturated rings. The first-order valence-corrected chi connectivity index (χ1v) is 3.84. The highest BCUT2D eigenvalue weighted by Gasteiger charge is 2.12. The Morgan fingerprint density at radius 3 is 2.79 bits per heavy atom. The van der Waals surface area contributed by atoms with Crippen LogP contribution in [-0.4, -0.2) is 23.5 Å². The molecule has 5 heteroatoms. The summed E-state index contributed by atoms with van der Waals surface area (Å²) < 4.78 is 4.92. The molecule has 5 nitrogen and oxygen atoms in total. The highest BCUT2D eigenvalue weighted by atomic mass is 16.4. The Balaban J connectivity index is 2.54. The van der Waals surface area contributed by atoms with Crippen LogP contribution in [0.1, 0.15) is 5.76 Å². The van der Waals surface area contributed by atoms with E-state index in [9.17, 15) is 9.59 Å². The van der Waals surface area contributed by atoms with Crippen molar-refractivity contribution in [2.75, 3.05) is 6.54 Å². The molecule has 1 heterocycles. The molecule has 0 aliphatic rings. The lowest BCUT2D eigenvalue weighted by Gasteiger charge is -2.02. The Morgan fingerprint density at radius 2 is 2.29 bits per heavy atom. The van der Waals surface area contributed by atoms with Crippen LogP contribution in [0.25, 0.3) is 5.57 Å². The largest absolute Gasteiger partial charge is 0.480 e. The Bertz CT molecular complexity index is 353. The highest BCUT2D eigenvalue weighted by molar-refractivity contribution is 6.18. The summed E-state index contributed by atoms with van der Waals surface area (Å²) in [5.41, 5.74) is 0.108. The number of aliphatic carboxylic acids is 1. The molecule has 0 radical (unpaired) electrons. The minimum atomic E-state index is -1.11. The molecule has 0 spiro atoms. The zero-order chi connectivity index (χ0) is 10.6. The van der Waals surface area contributed by atoms with Crippen molar-refractivity contribution in [3.63, 3.8) is 0 Å². The van der Waals surface area contributed by atoms with Gasteiger partial charge in [-0.1, -0.05) is 6.58 Å². The molecule has 0 bridgehead atoms. The van der Waals surface area contributed by atoms with Gasteiger partial charge in [-0.3, -0.25) is 9.59 Å². The lowest BCUT2D eigenvalue weighted by atomic mass is 10.2. The first kappa shape index (κ1) is 10.0. The molecule has 1 aromatic heterocycles. The minimum Gasteiger partial charge on any atom is -0.480 e. The maximum Gasteiger partial charge on any atom is 0.322 e. The van der Waals surface area contributed by atoms with E-state index in [1.807, 2.05) is 0 Å². The van der Waals surface area contributed by atoms with E-state index in [1.165, 1.54) is 6.26 Å². The van der Waals surface area contributed by atoms with Crippen molar-refractivity contribution in [2.45, 2.75) is 0 Å². The van der Waals surface area contributed by atoms with Gasteiger partial charge in [-0.2, -0.15) is 0 Å². The Hall–Kier alpha value is -2.04. The molecule has 0 aromatic carbocycles. The average Bonchev–Trinajstić information content (AvgIpc) is 2.65. The zero-order valence-corrected chi connectivity index (χ0v) is 7.32. The fourth-order valence-electron chi connectivity index (χ4n) is 0.825. The number of carboxylic acids is 1. The van der Waals surface area contributed by atoms with Crippen molar-refractivity contribution in [3.05, 3.63) is 30.7 Å². The number of hydrogen-bond acceptors (Lipinski definition) is 3. The Labute approximate surface area is 80.0 Å². The Kier molecular flexibility index (Phi) is 3.06. The second kappa shape index (κ2) is 4.27. The first-order valence-electron chi connectivity index (χ1n) is 3.84. The molecular formula is C9H9NO4. The van der Waals surface area contributed by atoms with Crippen LogP contribution in [0.3, 0.4) is 0 Å². The number of carbonyl (C=O) groups is 2. The molecule has 1 aromatic rings. The van der Waals surface area contributed by atoms with Gasteiger partial charge in [0.15, 0.2) is 0 Å². The van der Waals surface area contributed by atoms with Crippen LogP contribution < -0.4 is 5.32 Å². The van der Waals surface area contributed by atoms with Gasteiger partial charge in [-0.25, -0.2) is 0 Å². The number of nitrogens with one attached hydrogen (secondary N) is 1. The molecular weight excluding hydrogens is 186 g/mol. The topological polar surface area (TPSA) is 79.5 Å². The lowest BCUT2D eigenvalue weighted by molar-refractivity contribution is -0.137. The predicted molar refractivity (Wildman–Crippen MR) is 48.4 cm³/mol. The van der Waals surface area contributed by atoms with Gasteiger partial charge in [0.25, 0.3) is 5.91 Å². The molecule has 74 valence electrons. The van der Waals surface area contributed by atoms with Gasteiger partial charge in [0.05, 0.1) is 11.8 Å². The summed E-state index contributed by atoms with van der Waals surface area (Å²) in [6, 6.07) is 3.19. The van der Waals surface area contributed by atoms with Crippen molar-refractivity contribution in [1.82, 2.24) is 5.32 Å². The smallest absolute Gasteiger partial charge is 0.322 e. The monoisotopic (exact) mass is 195 g/mol. The standard InChI is InChI=1S/C9H9NO4/c1-6(7-3-2-4-14-7)9(13)10-5-8(11)12/h2-4H,1,5H2,(H,10,13)(H,11,12). The summed E-state index contributed by atoms with van der Waals surface area (Å²) in [5.74, 6) is -1.33. The summed E-state index contributed by atoms with van der Waals surface area (Å²) in [7, 11) is 0. The maximum atomic E-state index is 11.2. The molecule has 0 atom stereocenters. The fourth-order valence-corrected chi connectivity index (χ4v) is 0.825. The van der Waals surface area contributed by atoms with Crippen LogP contribution in [0, 0.1) is 0 Å². The second-order valence-electron chi connectivity index (χ2n) is 2.53. The third-order valence-electron chi connectivity index (χ3n) is 1.49. The van der Waals surface area contributed by atoms with E-state index in [-0.39, 0.29) is 5.57 Å². The van der Waals surface area contributed by atoms with Crippen molar-refractivity contribution in [3.8, 4) is 0 Å². The van der Waals surface area contributed by atoms with E-state index in [0.717, 1.165) is 0 Å². The van der Waals surface area contributed by atoms with E-state index in [0.29, 0.717) is 5.76 Å². The average molecular weight is 195 g/mol. The van der Waals surface area contributed by atoms with Crippen molar-refractivity contribution in [2.24, 2.45) is 0 Å². The molecule has 0 aliphatic carbocycles. The number of carboxylic acid groups (broad SMARTS) is 1. The van der Waals surface area contributed by atoms with Crippen molar-refractivity contribution < 1.29 is 19.1 Å². The van der Waals surface area contributed by atoms with Crippen molar-refractivity contribution >= 4 is 17.4 Å². The van der Waals surface area contributed by atoms with Gasteiger partial charge in [-0.05, 0) is 12.1 Å². The molecule has 0 saturated carbocycles. The van der Waals surface area contributed by atoms with Crippen LogP contribution in [0.5, 0.6) is 0 Å². The summed E-state index contributed by atoms with van der Waals surface area (Å²) in [5, 5.41) is 10.5. The van der Waals surface area contributed by atoms with Crippen LogP contribution in [0.2, 0.25) is 0 Å². The highest BCUT2D eigenvalue weighted by Crippen LogP contribution is 2.11. The van der Waals surface area contributed by atoms with Gasteiger partial charge in [0.2, 0.25) is 0 Å².